The van der Waals surface area contributed by atoms with Gasteiger partial charge in [-0.05, 0) is 30.7 Å². The van der Waals surface area contributed by atoms with Crippen molar-refractivity contribution in [1.82, 2.24) is 0 Å². The third-order valence-corrected chi connectivity index (χ3v) is 2.42. The number of aliphatic hydroxyl groups is 2. The van der Waals surface area contributed by atoms with E-state index in [9.17, 15) is 4.39 Å². The summed E-state index contributed by atoms with van der Waals surface area (Å²) in [5, 5.41) is 21.2. The van der Waals surface area contributed by atoms with E-state index < -0.39 is 5.54 Å². The van der Waals surface area contributed by atoms with Crippen LogP contribution in [0.2, 0.25) is 0 Å². The minimum atomic E-state index is -0.845. The Hall–Kier alpha value is -1.17. The summed E-state index contributed by atoms with van der Waals surface area (Å²) in [6.45, 7) is 1.39. The van der Waals surface area contributed by atoms with E-state index in [1.165, 1.54) is 12.1 Å². The zero-order valence-corrected chi connectivity index (χ0v) is 9.20. The Bertz CT molecular complexity index is 354. The van der Waals surface area contributed by atoms with Crippen molar-refractivity contribution in [1.29, 1.82) is 0 Å². The normalized spacial score (nSPS) is 11.6. The third kappa shape index (κ3) is 2.91. The first kappa shape index (κ1) is 12.9. The first-order chi connectivity index (χ1) is 7.54. The molecule has 0 bridgehead atoms. The first-order valence-corrected chi connectivity index (χ1v) is 5.03. The first-order valence-electron chi connectivity index (χ1n) is 5.03. The van der Waals surface area contributed by atoms with Crippen molar-refractivity contribution >= 4 is 5.69 Å². The predicted octanol–water partition coefficient (Wildman–Crippen LogP) is 0.440. The van der Waals surface area contributed by atoms with E-state index in [1.807, 2.05) is 0 Å². The molecule has 0 radical (unpaired) electrons. The van der Waals surface area contributed by atoms with Gasteiger partial charge in [-0.2, -0.15) is 0 Å². The Kier molecular flexibility index (Phi) is 4.23. The molecule has 0 amide bonds. The van der Waals surface area contributed by atoms with Crippen molar-refractivity contribution in [2.75, 3.05) is 18.5 Å². The second-order valence-electron chi connectivity index (χ2n) is 4.01. The summed E-state index contributed by atoms with van der Waals surface area (Å²) < 4.78 is 12.9. The number of rotatable bonds is 5. The molecule has 1 aromatic carbocycles. The monoisotopic (exact) mass is 228 g/mol. The summed E-state index contributed by atoms with van der Waals surface area (Å²) >= 11 is 0. The maximum atomic E-state index is 12.9. The average molecular weight is 228 g/mol. The lowest BCUT2D eigenvalue weighted by Crippen LogP contribution is -2.42. The van der Waals surface area contributed by atoms with Gasteiger partial charge in [0.1, 0.15) is 5.82 Å². The largest absolute Gasteiger partial charge is 0.394 e. The number of nitrogens with one attached hydrogen (secondary N) is 1. The quantitative estimate of drug-likeness (QED) is 0.589. The standard InChI is InChI=1S/C11H17FN2O2/c1-11(6-15,7-16)14-10-3-2-9(12)4-8(10)5-13/h2-4,14-16H,5-7,13H2,1H3. The van der Waals surface area contributed by atoms with Gasteiger partial charge in [0.05, 0.1) is 18.8 Å². The topological polar surface area (TPSA) is 78.5 Å². The van der Waals surface area contributed by atoms with Crippen LogP contribution in [0.25, 0.3) is 0 Å². The van der Waals surface area contributed by atoms with Crippen LogP contribution in [0.4, 0.5) is 10.1 Å². The summed E-state index contributed by atoms with van der Waals surface area (Å²) in [7, 11) is 0. The fourth-order valence-electron chi connectivity index (χ4n) is 1.31. The number of hydrogen-bond donors (Lipinski definition) is 4. The summed E-state index contributed by atoms with van der Waals surface area (Å²) in [4.78, 5) is 0. The van der Waals surface area contributed by atoms with E-state index in [-0.39, 0.29) is 25.6 Å². The average Bonchev–Trinajstić information content (AvgIpc) is 2.31. The van der Waals surface area contributed by atoms with Crippen molar-refractivity contribution in [2.45, 2.75) is 19.0 Å². The van der Waals surface area contributed by atoms with Crippen molar-refractivity contribution in [2.24, 2.45) is 5.73 Å². The molecule has 0 aliphatic heterocycles. The Morgan fingerprint density at radius 3 is 2.50 bits per heavy atom. The highest BCUT2D eigenvalue weighted by molar-refractivity contribution is 5.53. The summed E-state index contributed by atoms with van der Waals surface area (Å²) in [6, 6.07) is 4.18. The van der Waals surface area contributed by atoms with E-state index >= 15 is 0 Å². The second-order valence-corrected chi connectivity index (χ2v) is 4.01. The molecule has 0 aliphatic carbocycles. The van der Waals surface area contributed by atoms with Crippen LogP contribution in [0.1, 0.15) is 12.5 Å². The fourth-order valence-corrected chi connectivity index (χ4v) is 1.31. The Morgan fingerprint density at radius 1 is 1.38 bits per heavy atom. The number of halogens is 1. The van der Waals surface area contributed by atoms with Crippen LogP contribution in [-0.2, 0) is 6.54 Å². The highest BCUT2D eigenvalue weighted by Gasteiger charge is 2.22. The third-order valence-electron chi connectivity index (χ3n) is 2.42. The van der Waals surface area contributed by atoms with Gasteiger partial charge in [-0.25, -0.2) is 4.39 Å². The molecule has 0 saturated carbocycles. The second kappa shape index (κ2) is 5.25. The molecule has 0 aliphatic rings. The lowest BCUT2D eigenvalue weighted by atomic mass is 10.0. The number of nitrogens with two attached hydrogens (primary N) is 1. The highest BCUT2D eigenvalue weighted by Crippen LogP contribution is 2.20. The van der Waals surface area contributed by atoms with Crippen LogP contribution in [-0.4, -0.2) is 29.0 Å². The molecule has 1 rings (SSSR count). The highest BCUT2D eigenvalue weighted by atomic mass is 19.1. The molecular weight excluding hydrogens is 211 g/mol. The van der Waals surface area contributed by atoms with Gasteiger partial charge in [0, 0.05) is 12.2 Å². The molecule has 0 unspecified atom stereocenters. The molecule has 0 fully saturated rings. The molecule has 1 aromatic rings. The molecule has 0 spiro atoms. The van der Waals surface area contributed by atoms with Crippen LogP contribution in [0.15, 0.2) is 18.2 Å². The number of benzene rings is 1. The predicted molar refractivity (Wildman–Crippen MR) is 60.5 cm³/mol. The SMILES string of the molecule is CC(CO)(CO)Nc1ccc(F)cc1CN. The summed E-state index contributed by atoms with van der Waals surface area (Å²) in [6.07, 6.45) is 0. The fraction of sp³-hybridized carbons (Fsp3) is 0.455. The molecule has 5 heteroatoms. The Balaban J connectivity index is 2.96. The van der Waals surface area contributed by atoms with Crippen molar-refractivity contribution in [3.8, 4) is 0 Å². The Labute approximate surface area is 93.9 Å². The van der Waals surface area contributed by atoms with E-state index in [4.69, 9.17) is 15.9 Å². The van der Waals surface area contributed by atoms with E-state index in [0.717, 1.165) is 0 Å². The van der Waals surface area contributed by atoms with Crippen molar-refractivity contribution < 1.29 is 14.6 Å². The van der Waals surface area contributed by atoms with Crippen LogP contribution in [0.5, 0.6) is 0 Å². The molecule has 0 atom stereocenters. The van der Waals surface area contributed by atoms with E-state index in [1.54, 1.807) is 13.0 Å². The molecule has 90 valence electrons. The maximum Gasteiger partial charge on any atom is 0.123 e. The minimum Gasteiger partial charge on any atom is -0.394 e. The van der Waals surface area contributed by atoms with E-state index in [2.05, 4.69) is 5.32 Å². The van der Waals surface area contributed by atoms with Gasteiger partial charge in [0.15, 0.2) is 0 Å². The van der Waals surface area contributed by atoms with Gasteiger partial charge in [0.25, 0.3) is 0 Å². The van der Waals surface area contributed by atoms with Gasteiger partial charge >= 0.3 is 0 Å². The lowest BCUT2D eigenvalue weighted by Gasteiger charge is -2.28. The summed E-state index contributed by atoms with van der Waals surface area (Å²) in [5.41, 5.74) is 5.87. The zero-order valence-electron chi connectivity index (χ0n) is 9.20. The van der Waals surface area contributed by atoms with Gasteiger partial charge in [-0.3, -0.25) is 0 Å². The number of hydrogen-bond acceptors (Lipinski definition) is 4. The Morgan fingerprint density at radius 2 is 2.00 bits per heavy atom. The molecule has 16 heavy (non-hydrogen) atoms. The number of anilines is 1. The van der Waals surface area contributed by atoms with Crippen LogP contribution < -0.4 is 11.1 Å². The zero-order chi connectivity index (χ0) is 12.2. The van der Waals surface area contributed by atoms with Crippen LogP contribution in [0.3, 0.4) is 0 Å². The molecule has 0 saturated heterocycles. The van der Waals surface area contributed by atoms with Gasteiger partial charge < -0.3 is 21.3 Å². The molecule has 5 N–H and O–H groups in total. The minimum absolute atomic E-state index is 0.188. The molecular formula is C11H17FN2O2. The van der Waals surface area contributed by atoms with Crippen LogP contribution in [0, 0.1) is 5.82 Å². The smallest absolute Gasteiger partial charge is 0.123 e. The molecule has 0 heterocycles. The summed E-state index contributed by atoms with van der Waals surface area (Å²) in [5.74, 6) is -0.360. The van der Waals surface area contributed by atoms with Gasteiger partial charge in [-0.1, -0.05) is 0 Å². The molecule has 0 aromatic heterocycles. The lowest BCUT2D eigenvalue weighted by molar-refractivity contribution is 0.147. The van der Waals surface area contributed by atoms with Gasteiger partial charge in [-0.15, -0.1) is 0 Å². The molecule has 4 nitrogen and oxygen atoms in total. The van der Waals surface area contributed by atoms with Crippen LogP contribution >= 0.6 is 0 Å². The van der Waals surface area contributed by atoms with E-state index in [0.29, 0.717) is 11.3 Å². The van der Waals surface area contributed by atoms with Gasteiger partial charge in [0.2, 0.25) is 0 Å². The van der Waals surface area contributed by atoms with Crippen molar-refractivity contribution in [3.05, 3.63) is 29.6 Å². The van der Waals surface area contributed by atoms with Crippen molar-refractivity contribution in [3.63, 3.8) is 0 Å². The number of aliphatic hydroxyl groups excluding tert-OH is 2. The maximum absolute atomic E-state index is 12.9.